The Hall–Kier alpha value is -0.530. The van der Waals surface area contributed by atoms with Gasteiger partial charge in [0.1, 0.15) is 5.60 Å². The lowest BCUT2D eigenvalue weighted by Crippen LogP contribution is -2.45. The monoisotopic (exact) mass is 353 g/mol. The summed E-state index contributed by atoms with van der Waals surface area (Å²) in [5.74, 6) is -0.0543. The van der Waals surface area contributed by atoms with Crippen LogP contribution in [0.5, 0.6) is 0 Å². The zero-order valence-electron chi connectivity index (χ0n) is 13.3. The number of carbonyl (C=O) groups excluding carboxylic acids is 1. The minimum absolute atomic E-state index is 0.0187. The van der Waals surface area contributed by atoms with Gasteiger partial charge in [-0.05, 0) is 46.0 Å². The Balaban J connectivity index is 1.97. The van der Waals surface area contributed by atoms with Crippen LogP contribution in [0.2, 0.25) is 0 Å². The van der Waals surface area contributed by atoms with Crippen molar-refractivity contribution in [1.82, 2.24) is 4.90 Å². The highest BCUT2D eigenvalue weighted by Gasteiger charge is 2.46. The van der Waals surface area contributed by atoms with E-state index in [2.05, 4.69) is 0 Å². The molecule has 2 aliphatic heterocycles. The second-order valence-electron chi connectivity index (χ2n) is 7.25. The number of ether oxygens (including phenoxy) is 2. The highest BCUT2D eigenvalue weighted by Crippen LogP contribution is 2.38. The second-order valence-corrected chi connectivity index (χ2v) is 10.1. The van der Waals surface area contributed by atoms with Gasteiger partial charge in [-0.15, -0.1) is 0 Å². The Morgan fingerprint density at radius 1 is 1.45 bits per heavy atom. The minimum atomic E-state index is -3.51. The number of hydrogen-bond acceptors (Lipinski definition) is 5. The molecule has 2 fully saturated rings. The Morgan fingerprint density at radius 3 is 2.73 bits per heavy atom. The van der Waals surface area contributed by atoms with Gasteiger partial charge in [-0.2, -0.15) is 0 Å². The first-order chi connectivity index (χ1) is 9.98. The largest absolute Gasteiger partial charge is 0.444 e. The van der Waals surface area contributed by atoms with Crippen LogP contribution in [0, 0.1) is 5.92 Å². The molecule has 2 unspecified atom stereocenters. The maximum atomic E-state index is 12.1. The second kappa shape index (κ2) is 6.17. The maximum absolute atomic E-state index is 12.1. The molecule has 0 aromatic heterocycles. The van der Waals surface area contributed by atoms with E-state index in [0.29, 0.717) is 39.0 Å². The summed E-state index contributed by atoms with van der Waals surface area (Å²) < 4.78 is 33.8. The van der Waals surface area contributed by atoms with Crippen molar-refractivity contribution in [3.63, 3.8) is 0 Å². The van der Waals surface area contributed by atoms with Crippen LogP contribution in [0.4, 0.5) is 4.79 Å². The lowest BCUT2D eigenvalue weighted by atomic mass is 9.86. The summed E-state index contributed by atoms with van der Waals surface area (Å²) in [6.07, 6.45) is 1.64. The van der Waals surface area contributed by atoms with Crippen molar-refractivity contribution >= 4 is 25.8 Å². The van der Waals surface area contributed by atoms with Crippen molar-refractivity contribution in [2.75, 3.05) is 25.4 Å². The molecule has 0 aliphatic carbocycles. The van der Waals surface area contributed by atoms with Crippen molar-refractivity contribution in [3.05, 3.63) is 0 Å². The van der Waals surface area contributed by atoms with Crippen LogP contribution in [0.3, 0.4) is 0 Å². The molecule has 8 heteroatoms. The van der Waals surface area contributed by atoms with Gasteiger partial charge in [0.2, 0.25) is 9.05 Å². The number of hydrogen-bond donors (Lipinski definition) is 0. The third-order valence-corrected chi connectivity index (χ3v) is 5.25. The van der Waals surface area contributed by atoms with E-state index in [4.69, 9.17) is 20.2 Å². The Labute approximate surface area is 136 Å². The summed E-state index contributed by atoms with van der Waals surface area (Å²) in [5.41, 5.74) is -0.989. The van der Waals surface area contributed by atoms with E-state index in [1.165, 1.54) is 0 Å². The van der Waals surface area contributed by atoms with Gasteiger partial charge in [-0.25, -0.2) is 13.2 Å². The third-order valence-electron chi connectivity index (χ3n) is 4.00. The summed E-state index contributed by atoms with van der Waals surface area (Å²) in [6, 6.07) is 0. The van der Waals surface area contributed by atoms with E-state index in [-0.39, 0.29) is 17.8 Å². The Morgan fingerprint density at radius 2 is 2.14 bits per heavy atom. The average Bonchev–Trinajstić information content (AvgIpc) is 2.68. The quantitative estimate of drug-likeness (QED) is 0.712. The van der Waals surface area contributed by atoms with Crippen LogP contribution in [-0.4, -0.2) is 56.1 Å². The van der Waals surface area contributed by atoms with Crippen LogP contribution in [0.1, 0.15) is 40.0 Å². The molecule has 2 rings (SSSR count). The van der Waals surface area contributed by atoms with Crippen LogP contribution < -0.4 is 0 Å². The smallest absolute Gasteiger partial charge is 0.410 e. The summed E-state index contributed by atoms with van der Waals surface area (Å²) in [5, 5.41) is 0. The molecule has 1 amide bonds. The van der Waals surface area contributed by atoms with Crippen molar-refractivity contribution in [2.45, 2.75) is 51.2 Å². The summed E-state index contributed by atoms with van der Waals surface area (Å²) in [7, 11) is 1.85. The van der Waals surface area contributed by atoms with E-state index in [9.17, 15) is 13.2 Å². The molecule has 2 atom stereocenters. The van der Waals surface area contributed by atoms with Gasteiger partial charge in [-0.1, -0.05) is 0 Å². The number of halogens is 1. The van der Waals surface area contributed by atoms with E-state index >= 15 is 0 Å². The summed E-state index contributed by atoms with van der Waals surface area (Å²) in [6.45, 7) is 6.99. The highest BCUT2D eigenvalue weighted by atomic mass is 35.7. The minimum Gasteiger partial charge on any atom is -0.444 e. The molecular formula is C14H24ClNO5S. The standard InChI is InChI=1S/C14H24ClNO5S/c1-13(2,3)21-12(17)16-6-5-14(10-16)8-11(4-7-20-14)9-22(15,18)19/h11H,4-10H2,1-3H3. The van der Waals surface area contributed by atoms with Gasteiger partial charge < -0.3 is 14.4 Å². The van der Waals surface area contributed by atoms with Gasteiger partial charge in [0.05, 0.1) is 17.9 Å². The number of likely N-dealkylation sites (tertiary alicyclic amines) is 1. The summed E-state index contributed by atoms with van der Waals surface area (Å²) in [4.78, 5) is 13.8. The predicted octanol–water partition coefficient (Wildman–Crippen LogP) is 2.36. The average molecular weight is 354 g/mol. The van der Waals surface area contributed by atoms with Crippen LogP contribution in [-0.2, 0) is 18.5 Å². The van der Waals surface area contributed by atoms with Crippen molar-refractivity contribution in [2.24, 2.45) is 5.92 Å². The molecular weight excluding hydrogens is 330 g/mol. The van der Waals surface area contributed by atoms with Crippen molar-refractivity contribution in [1.29, 1.82) is 0 Å². The molecule has 0 N–H and O–H groups in total. The number of carbonyl (C=O) groups is 1. The van der Waals surface area contributed by atoms with Gasteiger partial charge >= 0.3 is 6.09 Å². The fourth-order valence-corrected chi connectivity index (χ4v) is 4.55. The molecule has 2 heterocycles. The number of amides is 1. The van der Waals surface area contributed by atoms with E-state index < -0.39 is 20.3 Å². The molecule has 22 heavy (non-hydrogen) atoms. The molecule has 2 aliphatic rings. The SMILES string of the molecule is CC(C)(C)OC(=O)N1CCC2(CC(CS(=O)(=O)Cl)CCO2)C1. The van der Waals surface area contributed by atoms with Crippen molar-refractivity contribution in [3.8, 4) is 0 Å². The first-order valence-corrected chi connectivity index (χ1v) is 10.0. The molecule has 0 saturated carbocycles. The molecule has 0 aromatic carbocycles. The molecule has 6 nitrogen and oxygen atoms in total. The van der Waals surface area contributed by atoms with Gasteiger partial charge in [-0.3, -0.25) is 0 Å². The number of rotatable bonds is 2. The highest BCUT2D eigenvalue weighted by molar-refractivity contribution is 8.13. The van der Waals surface area contributed by atoms with Crippen LogP contribution >= 0.6 is 10.7 Å². The lowest BCUT2D eigenvalue weighted by Gasteiger charge is -2.37. The zero-order valence-corrected chi connectivity index (χ0v) is 14.9. The van der Waals surface area contributed by atoms with Gasteiger partial charge in [0, 0.05) is 23.8 Å². The molecule has 0 radical (unpaired) electrons. The first kappa shape index (κ1) is 17.8. The Bertz CT molecular complexity index is 530. The molecule has 0 bridgehead atoms. The first-order valence-electron chi connectivity index (χ1n) is 7.52. The van der Waals surface area contributed by atoms with E-state index in [1.54, 1.807) is 4.90 Å². The fourth-order valence-electron chi connectivity index (χ4n) is 3.16. The maximum Gasteiger partial charge on any atom is 0.410 e. The van der Waals surface area contributed by atoms with E-state index in [0.717, 1.165) is 0 Å². The molecule has 128 valence electrons. The van der Waals surface area contributed by atoms with E-state index in [1.807, 2.05) is 20.8 Å². The lowest BCUT2D eigenvalue weighted by molar-refractivity contribution is -0.0860. The Kier molecular flexibility index (Phi) is 5.00. The van der Waals surface area contributed by atoms with Crippen LogP contribution in [0.15, 0.2) is 0 Å². The van der Waals surface area contributed by atoms with Crippen molar-refractivity contribution < 1.29 is 22.7 Å². The molecule has 2 saturated heterocycles. The van der Waals surface area contributed by atoms with Gasteiger partial charge in [0.15, 0.2) is 0 Å². The normalized spacial score (nSPS) is 29.8. The van der Waals surface area contributed by atoms with Crippen LogP contribution in [0.25, 0.3) is 0 Å². The molecule has 0 aromatic rings. The van der Waals surface area contributed by atoms with Gasteiger partial charge in [0.25, 0.3) is 0 Å². The zero-order chi connectivity index (χ0) is 16.6. The summed E-state index contributed by atoms with van der Waals surface area (Å²) >= 11 is 0. The molecule has 1 spiro atoms. The number of nitrogens with zero attached hydrogens (tertiary/aromatic N) is 1. The predicted molar refractivity (Wildman–Crippen MR) is 83.5 cm³/mol. The fraction of sp³-hybridized carbons (Fsp3) is 0.929. The third kappa shape index (κ3) is 4.99. The topological polar surface area (TPSA) is 72.9 Å².